The third-order valence-electron chi connectivity index (χ3n) is 2.46. The van der Waals surface area contributed by atoms with Crippen molar-refractivity contribution in [1.82, 2.24) is 0 Å². The molecule has 0 aliphatic heterocycles. The number of esters is 1. The predicted octanol–water partition coefficient (Wildman–Crippen LogP) is 2.20. The van der Waals surface area contributed by atoms with Crippen molar-refractivity contribution in [1.29, 1.82) is 0 Å². The van der Waals surface area contributed by atoms with Gasteiger partial charge in [0.25, 0.3) is 0 Å². The van der Waals surface area contributed by atoms with E-state index in [-0.39, 0.29) is 23.1 Å². The Labute approximate surface area is 122 Å². The highest BCUT2D eigenvalue weighted by molar-refractivity contribution is 7.92. The van der Waals surface area contributed by atoms with Crippen LogP contribution in [0, 0.1) is 5.82 Å². The maximum absolute atomic E-state index is 13.9. The molecular formula is C12H15ClFNO4S. The van der Waals surface area contributed by atoms with Crippen LogP contribution in [0.25, 0.3) is 0 Å². The van der Waals surface area contributed by atoms with E-state index in [0.29, 0.717) is 4.31 Å². The lowest BCUT2D eigenvalue weighted by Gasteiger charge is -2.23. The normalized spacial score (nSPS) is 11.2. The maximum Gasteiger partial charge on any atom is 0.326 e. The second-order valence-corrected chi connectivity index (χ2v) is 6.43. The monoisotopic (exact) mass is 323 g/mol. The number of halogens is 2. The average Bonchev–Trinajstić information content (AvgIpc) is 2.37. The van der Waals surface area contributed by atoms with Gasteiger partial charge in [0.15, 0.2) is 0 Å². The van der Waals surface area contributed by atoms with Gasteiger partial charge in [0.1, 0.15) is 12.4 Å². The summed E-state index contributed by atoms with van der Waals surface area (Å²) in [5, 5.41) is 0.135. The number of rotatable bonds is 6. The molecule has 8 heteroatoms. The Balaban J connectivity index is 3.20. The second kappa shape index (κ2) is 6.90. The standard InChI is InChI=1S/C12H15ClFNO4S/c1-3-19-12(16)8-15(20(17,18)4-2)11-6-5-9(13)7-10(11)14/h5-7H,3-4,8H2,1-2H3. The number of carbonyl (C=O) groups is 1. The first-order chi connectivity index (χ1) is 9.31. The van der Waals surface area contributed by atoms with E-state index in [2.05, 4.69) is 0 Å². The van der Waals surface area contributed by atoms with Crippen LogP contribution in [0.1, 0.15) is 13.8 Å². The number of nitrogens with zero attached hydrogens (tertiary/aromatic N) is 1. The Morgan fingerprint density at radius 3 is 2.55 bits per heavy atom. The summed E-state index contributed by atoms with van der Waals surface area (Å²) in [7, 11) is -3.81. The van der Waals surface area contributed by atoms with Crippen LogP contribution in [0.15, 0.2) is 18.2 Å². The molecule has 5 nitrogen and oxygen atoms in total. The van der Waals surface area contributed by atoms with E-state index in [4.69, 9.17) is 16.3 Å². The molecule has 0 bridgehead atoms. The number of hydrogen-bond donors (Lipinski definition) is 0. The summed E-state index contributed by atoms with van der Waals surface area (Å²) in [5.41, 5.74) is -0.232. The maximum atomic E-state index is 13.9. The van der Waals surface area contributed by atoms with Crippen molar-refractivity contribution in [2.75, 3.05) is 23.2 Å². The number of ether oxygens (including phenoxy) is 1. The Hall–Kier alpha value is -1.34. The molecule has 0 fully saturated rings. The van der Waals surface area contributed by atoms with Crippen LogP contribution < -0.4 is 4.31 Å². The van der Waals surface area contributed by atoms with Gasteiger partial charge in [-0.2, -0.15) is 0 Å². The van der Waals surface area contributed by atoms with Crippen LogP contribution in [0.4, 0.5) is 10.1 Å². The van der Waals surface area contributed by atoms with Crippen LogP contribution in [-0.2, 0) is 19.6 Å². The number of anilines is 1. The van der Waals surface area contributed by atoms with Gasteiger partial charge in [-0.05, 0) is 32.0 Å². The fourth-order valence-corrected chi connectivity index (χ4v) is 2.72. The first-order valence-corrected chi connectivity index (χ1v) is 7.91. The van der Waals surface area contributed by atoms with Gasteiger partial charge in [0, 0.05) is 5.02 Å². The molecule has 0 amide bonds. The van der Waals surface area contributed by atoms with E-state index >= 15 is 0 Å². The summed E-state index contributed by atoms with van der Waals surface area (Å²) in [4.78, 5) is 11.5. The molecule has 0 aliphatic rings. The number of carbonyl (C=O) groups excluding carboxylic acids is 1. The van der Waals surface area contributed by atoms with Crippen LogP contribution in [-0.4, -0.2) is 33.3 Å². The Morgan fingerprint density at radius 2 is 2.05 bits per heavy atom. The predicted molar refractivity (Wildman–Crippen MR) is 74.8 cm³/mol. The third kappa shape index (κ3) is 4.08. The zero-order valence-electron chi connectivity index (χ0n) is 11.1. The van der Waals surface area contributed by atoms with Gasteiger partial charge in [-0.25, -0.2) is 12.8 Å². The zero-order valence-corrected chi connectivity index (χ0v) is 12.7. The minimum Gasteiger partial charge on any atom is -0.465 e. The SMILES string of the molecule is CCOC(=O)CN(c1ccc(Cl)cc1F)S(=O)(=O)CC. The molecule has 0 aromatic heterocycles. The van der Waals surface area contributed by atoms with Crippen LogP contribution in [0.2, 0.25) is 5.02 Å². The molecule has 112 valence electrons. The molecule has 0 unspecified atom stereocenters. The summed E-state index contributed by atoms with van der Waals surface area (Å²) in [5.74, 6) is -1.84. The van der Waals surface area contributed by atoms with Crippen molar-refractivity contribution >= 4 is 33.3 Å². The van der Waals surface area contributed by atoms with Gasteiger partial charge in [-0.15, -0.1) is 0 Å². The molecule has 20 heavy (non-hydrogen) atoms. The molecule has 0 N–H and O–H groups in total. The van der Waals surface area contributed by atoms with Gasteiger partial charge in [-0.1, -0.05) is 11.6 Å². The van der Waals surface area contributed by atoms with E-state index in [9.17, 15) is 17.6 Å². The highest BCUT2D eigenvalue weighted by Gasteiger charge is 2.26. The van der Waals surface area contributed by atoms with Crippen molar-refractivity contribution < 1.29 is 22.3 Å². The first kappa shape index (κ1) is 16.7. The molecule has 0 aliphatic carbocycles. The molecule has 1 aromatic rings. The fraction of sp³-hybridized carbons (Fsp3) is 0.417. The summed E-state index contributed by atoms with van der Waals surface area (Å²) in [6.45, 7) is 2.53. The molecule has 0 spiro atoms. The Kier molecular flexibility index (Phi) is 5.76. The molecule has 0 heterocycles. The molecule has 0 saturated heterocycles. The summed E-state index contributed by atoms with van der Waals surface area (Å²) >= 11 is 5.63. The highest BCUT2D eigenvalue weighted by atomic mass is 35.5. The molecule has 0 radical (unpaired) electrons. The van der Waals surface area contributed by atoms with Crippen molar-refractivity contribution in [2.45, 2.75) is 13.8 Å². The number of hydrogen-bond acceptors (Lipinski definition) is 4. The average molecular weight is 324 g/mol. The minimum atomic E-state index is -3.81. The van der Waals surface area contributed by atoms with Gasteiger partial charge in [-0.3, -0.25) is 9.10 Å². The van der Waals surface area contributed by atoms with E-state index < -0.39 is 28.4 Å². The van der Waals surface area contributed by atoms with Gasteiger partial charge < -0.3 is 4.74 Å². The van der Waals surface area contributed by atoms with E-state index in [1.165, 1.54) is 19.1 Å². The van der Waals surface area contributed by atoms with E-state index in [0.717, 1.165) is 6.07 Å². The molecule has 0 saturated carbocycles. The van der Waals surface area contributed by atoms with Crippen LogP contribution in [0.5, 0.6) is 0 Å². The summed E-state index contributed by atoms with van der Waals surface area (Å²) < 4.78 is 43.2. The molecule has 1 rings (SSSR count). The molecule has 0 atom stereocenters. The summed E-state index contributed by atoms with van der Waals surface area (Å²) in [6, 6.07) is 3.55. The van der Waals surface area contributed by atoms with Crippen molar-refractivity contribution in [3.05, 3.63) is 29.0 Å². The minimum absolute atomic E-state index is 0.113. The highest BCUT2D eigenvalue weighted by Crippen LogP contribution is 2.25. The number of benzene rings is 1. The lowest BCUT2D eigenvalue weighted by molar-refractivity contribution is -0.141. The first-order valence-electron chi connectivity index (χ1n) is 5.93. The summed E-state index contributed by atoms with van der Waals surface area (Å²) in [6.07, 6.45) is 0. The molecule has 1 aromatic carbocycles. The van der Waals surface area contributed by atoms with Crippen molar-refractivity contribution in [3.8, 4) is 0 Å². The van der Waals surface area contributed by atoms with Crippen LogP contribution in [0.3, 0.4) is 0 Å². The second-order valence-electron chi connectivity index (χ2n) is 3.81. The molecular weight excluding hydrogens is 309 g/mol. The Morgan fingerprint density at radius 1 is 1.40 bits per heavy atom. The lowest BCUT2D eigenvalue weighted by Crippen LogP contribution is -2.38. The fourth-order valence-electron chi connectivity index (χ4n) is 1.50. The number of sulfonamides is 1. The smallest absolute Gasteiger partial charge is 0.326 e. The van der Waals surface area contributed by atoms with Crippen LogP contribution >= 0.6 is 11.6 Å². The van der Waals surface area contributed by atoms with Crippen molar-refractivity contribution in [2.24, 2.45) is 0 Å². The van der Waals surface area contributed by atoms with E-state index in [1.54, 1.807) is 6.92 Å². The Bertz CT molecular complexity index is 591. The van der Waals surface area contributed by atoms with Gasteiger partial charge >= 0.3 is 5.97 Å². The van der Waals surface area contributed by atoms with Gasteiger partial charge in [0.2, 0.25) is 10.0 Å². The topological polar surface area (TPSA) is 63.7 Å². The van der Waals surface area contributed by atoms with E-state index in [1.807, 2.05) is 0 Å². The lowest BCUT2D eigenvalue weighted by atomic mass is 10.3. The van der Waals surface area contributed by atoms with Gasteiger partial charge in [0.05, 0.1) is 18.0 Å². The third-order valence-corrected chi connectivity index (χ3v) is 4.42. The quantitative estimate of drug-likeness (QED) is 0.753. The zero-order chi connectivity index (χ0) is 15.3. The van der Waals surface area contributed by atoms with Crippen molar-refractivity contribution in [3.63, 3.8) is 0 Å². The largest absolute Gasteiger partial charge is 0.465 e.